The molecule has 1 aliphatic heterocycles. The summed E-state index contributed by atoms with van der Waals surface area (Å²) in [6.07, 6.45) is 3.37. The van der Waals surface area contributed by atoms with Gasteiger partial charge in [0, 0.05) is 40.7 Å². The van der Waals surface area contributed by atoms with Gasteiger partial charge in [-0.25, -0.2) is 0 Å². The number of Topliss-reactive ketones (excluding diaryl/α,β-unsaturated/α-hetero) is 1. The first-order valence-electron chi connectivity index (χ1n) is 10.7. The van der Waals surface area contributed by atoms with E-state index in [1.807, 2.05) is 36.4 Å². The van der Waals surface area contributed by atoms with Gasteiger partial charge in [-0.2, -0.15) is 0 Å². The Labute approximate surface area is 201 Å². The molecule has 6 nitrogen and oxygen atoms in total. The van der Waals surface area contributed by atoms with E-state index >= 15 is 0 Å². The Morgan fingerprint density at radius 3 is 2.65 bits per heavy atom. The molecule has 34 heavy (non-hydrogen) atoms. The molecule has 0 saturated carbocycles. The summed E-state index contributed by atoms with van der Waals surface area (Å²) in [6.45, 7) is 0.345. The van der Waals surface area contributed by atoms with Crippen molar-refractivity contribution in [2.45, 2.75) is 12.6 Å². The van der Waals surface area contributed by atoms with Crippen molar-refractivity contribution >= 4 is 29.0 Å². The largest absolute Gasteiger partial charge is 0.455 e. The summed E-state index contributed by atoms with van der Waals surface area (Å²) in [5.41, 5.74) is 3.02. The molecule has 1 unspecified atom stereocenters. The molecule has 1 aromatic heterocycles. The first kappa shape index (κ1) is 21.7. The fraction of sp³-hybridized carbons (Fsp3) is 0.0741. The highest BCUT2D eigenvalue weighted by Gasteiger charge is 2.29. The van der Waals surface area contributed by atoms with Crippen LogP contribution in [0.4, 0.5) is 5.69 Å². The monoisotopic (exact) mass is 469 g/mol. The number of halogens is 1. The lowest BCUT2D eigenvalue weighted by molar-refractivity contribution is 0.0951. The molecular weight excluding hydrogens is 450 g/mol. The third-order valence-electron chi connectivity index (χ3n) is 5.54. The standard InChI is InChI=1S/C27H20ClN3O3/c28-20-10-11-24-22(14-20)31-25(21-8-1-2-9-23(21)34-24)26(32)18-6-3-7-19(13-18)27(33)30-16-17-5-4-12-29-15-17/h1-15,25,31H,16H2,(H,30,33). The molecule has 3 aromatic carbocycles. The number of hydrogen-bond donors (Lipinski definition) is 2. The number of rotatable bonds is 5. The molecule has 2 heterocycles. The van der Waals surface area contributed by atoms with Gasteiger partial charge >= 0.3 is 0 Å². The summed E-state index contributed by atoms with van der Waals surface area (Å²) in [5.74, 6) is 0.703. The SMILES string of the molecule is O=C(NCc1cccnc1)c1cccc(C(=O)C2Nc3cc(Cl)ccc3Oc3ccccc32)c1. The number of nitrogens with zero attached hydrogens (tertiary/aromatic N) is 1. The Morgan fingerprint density at radius 2 is 1.79 bits per heavy atom. The van der Waals surface area contributed by atoms with Crippen LogP contribution in [0.2, 0.25) is 5.02 Å². The van der Waals surface area contributed by atoms with Crippen LogP contribution in [0.5, 0.6) is 11.5 Å². The van der Waals surface area contributed by atoms with E-state index in [4.69, 9.17) is 16.3 Å². The third-order valence-corrected chi connectivity index (χ3v) is 5.77. The van der Waals surface area contributed by atoms with E-state index in [2.05, 4.69) is 15.6 Å². The number of benzene rings is 3. The maximum atomic E-state index is 13.7. The number of ether oxygens (including phenoxy) is 1. The van der Waals surface area contributed by atoms with Gasteiger partial charge in [0.05, 0.1) is 5.69 Å². The molecule has 168 valence electrons. The van der Waals surface area contributed by atoms with E-state index in [9.17, 15) is 9.59 Å². The van der Waals surface area contributed by atoms with Crippen LogP contribution in [0.1, 0.15) is 37.9 Å². The van der Waals surface area contributed by atoms with Crippen molar-refractivity contribution in [1.29, 1.82) is 0 Å². The van der Waals surface area contributed by atoms with Gasteiger partial charge in [-0.05, 0) is 48.0 Å². The van der Waals surface area contributed by atoms with E-state index in [1.54, 1.807) is 54.9 Å². The number of hydrogen-bond acceptors (Lipinski definition) is 5. The summed E-state index contributed by atoms with van der Waals surface area (Å²) in [7, 11) is 0. The molecule has 0 fully saturated rings. The average Bonchev–Trinajstić information content (AvgIpc) is 3.04. The predicted octanol–water partition coefficient (Wildman–Crippen LogP) is 5.81. The second-order valence-electron chi connectivity index (χ2n) is 7.85. The minimum atomic E-state index is -0.718. The summed E-state index contributed by atoms with van der Waals surface area (Å²) in [6, 6.07) is 22.3. The van der Waals surface area contributed by atoms with E-state index < -0.39 is 6.04 Å². The van der Waals surface area contributed by atoms with Gasteiger partial charge in [0.1, 0.15) is 11.8 Å². The smallest absolute Gasteiger partial charge is 0.251 e. The van der Waals surface area contributed by atoms with Crippen molar-refractivity contribution in [3.63, 3.8) is 0 Å². The molecule has 2 N–H and O–H groups in total. The fourth-order valence-electron chi connectivity index (χ4n) is 3.84. The second-order valence-corrected chi connectivity index (χ2v) is 8.28. The van der Waals surface area contributed by atoms with Crippen LogP contribution >= 0.6 is 11.6 Å². The zero-order valence-electron chi connectivity index (χ0n) is 18.0. The maximum absolute atomic E-state index is 13.7. The molecule has 0 aliphatic carbocycles. The highest BCUT2D eigenvalue weighted by atomic mass is 35.5. The molecule has 0 saturated heterocycles. The highest BCUT2D eigenvalue weighted by molar-refractivity contribution is 6.31. The molecule has 4 aromatic rings. The fourth-order valence-corrected chi connectivity index (χ4v) is 4.01. The van der Waals surface area contributed by atoms with Gasteiger partial charge in [0.15, 0.2) is 11.5 Å². The predicted molar refractivity (Wildman–Crippen MR) is 131 cm³/mol. The maximum Gasteiger partial charge on any atom is 0.251 e. The number of aromatic nitrogens is 1. The Kier molecular flexibility index (Phi) is 5.97. The minimum Gasteiger partial charge on any atom is -0.455 e. The van der Waals surface area contributed by atoms with Crippen LogP contribution in [0.15, 0.2) is 91.3 Å². The van der Waals surface area contributed by atoms with E-state index in [0.29, 0.717) is 45.4 Å². The van der Waals surface area contributed by atoms with Crippen LogP contribution in [0, 0.1) is 0 Å². The van der Waals surface area contributed by atoms with Gasteiger partial charge in [0.2, 0.25) is 0 Å². The number of para-hydroxylation sites is 1. The van der Waals surface area contributed by atoms with E-state index in [0.717, 1.165) is 5.56 Å². The van der Waals surface area contributed by atoms with Gasteiger partial charge in [-0.1, -0.05) is 48.0 Å². The zero-order chi connectivity index (χ0) is 23.5. The van der Waals surface area contributed by atoms with Crippen LogP contribution in [-0.4, -0.2) is 16.7 Å². The normalized spacial score (nSPS) is 14.0. The number of anilines is 1. The molecule has 1 amide bonds. The molecule has 1 aliphatic rings. The van der Waals surface area contributed by atoms with E-state index in [-0.39, 0.29) is 11.7 Å². The number of pyridine rings is 1. The highest BCUT2D eigenvalue weighted by Crippen LogP contribution is 2.42. The van der Waals surface area contributed by atoms with Crippen molar-refractivity contribution in [2.24, 2.45) is 0 Å². The number of carbonyl (C=O) groups is 2. The summed E-state index contributed by atoms with van der Waals surface area (Å²) in [4.78, 5) is 30.5. The Morgan fingerprint density at radius 1 is 0.941 bits per heavy atom. The lowest BCUT2D eigenvalue weighted by atomic mass is 9.95. The summed E-state index contributed by atoms with van der Waals surface area (Å²) >= 11 is 6.19. The molecular formula is C27H20ClN3O3. The number of amides is 1. The number of nitrogens with one attached hydrogen (secondary N) is 2. The first-order chi connectivity index (χ1) is 16.6. The molecule has 0 radical (unpaired) electrons. The average molecular weight is 470 g/mol. The first-order valence-corrected chi connectivity index (χ1v) is 11.1. The molecule has 5 rings (SSSR count). The number of carbonyl (C=O) groups excluding carboxylic acids is 2. The Hall–Kier alpha value is -4.16. The van der Waals surface area contributed by atoms with Gasteiger partial charge < -0.3 is 15.4 Å². The quantitative estimate of drug-likeness (QED) is 0.361. The Balaban J connectivity index is 1.43. The number of fused-ring (bicyclic) bond motifs is 2. The van der Waals surface area contributed by atoms with Crippen molar-refractivity contribution in [3.8, 4) is 11.5 Å². The minimum absolute atomic E-state index is 0.189. The third kappa shape index (κ3) is 4.49. The van der Waals surface area contributed by atoms with Crippen molar-refractivity contribution < 1.29 is 14.3 Å². The van der Waals surface area contributed by atoms with Crippen molar-refractivity contribution in [3.05, 3.63) is 119 Å². The van der Waals surface area contributed by atoms with E-state index in [1.165, 1.54) is 0 Å². The molecule has 0 bridgehead atoms. The lowest BCUT2D eigenvalue weighted by Gasteiger charge is -2.18. The van der Waals surface area contributed by atoms with Gasteiger partial charge in [0.25, 0.3) is 5.91 Å². The topological polar surface area (TPSA) is 80.3 Å². The van der Waals surface area contributed by atoms with Crippen LogP contribution in [0.3, 0.4) is 0 Å². The zero-order valence-corrected chi connectivity index (χ0v) is 18.8. The van der Waals surface area contributed by atoms with Crippen molar-refractivity contribution in [2.75, 3.05) is 5.32 Å². The Bertz CT molecular complexity index is 1370. The summed E-state index contributed by atoms with van der Waals surface area (Å²) in [5, 5.41) is 6.68. The van der Waals surface area contributed by atoms with Crippen molar-refractivity contribution in [1.82, 2.24) is 10.3 Å². The van der Waals surface area contributed by atoms with Gasteiger partial charge in [-0.15, -0.1) is 0 Å². The molecule has 1 atom stereocenters. The molecule has 0 spiro atoms. The lowest BCUT2D eigenvalue weighted by Crippen LogP contribution is -2.24. The van der Waals surface area contributed by atoms with Gasteiger partial charge in [-0.3, -0.25) is 14.6 Å². The van der Waals surface area contributed by atoms with Crippen LogP contribution in [-0.2, 0) is 6.54 Å². The summed E-state index contributed by atoms with van der Waals surface area (Å²) < 4.78 is 6.07. The molecule has 7 heteroatoms. The van der Waals surface area contributed by atoms with Crippen LogP contribution in [0.25, 0.3) is 0 Å². The number of ketones is 1. The second kappa shape index (κ2) is 9.37. The van der Waals surface area contributed by atoms with Crippen LogP contribution < -0.4 is 15.4 Å².